The van der Waals surface area contributed by atoms with Gasteiger partial charge in [0.05, 0.1) is 5.56 Å². The predicted molar refractivity (Wildman–Crippen MR) is 129 cm³/mol. The summed E-state index contributed by atoms with van der Waals surface area (Å²) in [6.45, 7) is 6.91. The molecule has 4 nitrogen and oxygen atoms in total. The lowest BCUT2D eigenvalue weighted by Gasteiger charge is -2.45. The van der Waals surface area contributed by atoms with Crippen LogP contribution >= 0.6 is 11.3 Å². The van der Waals surface area contributed by atoms with Gasteiger partial charge in [-0.25, -0.2) is 0 Å². The number of carbonyl (C=O) groups excluding carboxylic acids is 1. The van der Waals surface area contributed by atoms with Gasteiger partial charge < -0.3 is 10.4 Å². The average Bonchev–Trinajstić information content (AvgIpc) is 3.14. The summed E-state index contributed by atoms with van der Waals surface area (Å²) in [7, 11) is 0. The minimum absolute atomic E-state index is 0.0347. The number of carbonyl (C=O) groups is 2. The van der Waals surface area contributed by atoms with Crippen LogP contribution in [0, 0.1) is 17.3 Å². The molecule has 1 aliphatic rings. The van der Waals surface area contributed by atoms with Crippen molar-refractivity contribution < 1.29 is 14.7 Å². The van der Waals surface area contributed by atoms with E-state index >= 15 is 0 Å². The maximum atomic E-state index is 13.2. The van der Waals surface area contributed by atoms with E-state index in [1.165, 1.54) is 6.42 Å². The Morgan fingerprint density at radius 1 is 1.19 bits per heavy atom. The van der Waals surface area contributed by atoms with E-state index in [4.69, 9.17) is 5.11 Å². The summed E-state index contributed by atoms with van der Waals surface area (Å²) < 4.78 is 1.14. The zero-order valence-corrected chi connectivity index (χ0v) is 19.7. The summed E-state index contributed by atoms with van der Waals surface area (Å²) in [5, 5.41) is 15.2. The maximum Gasteiger partial charge on any atom is 0.303 e. The van der Waals surface area contributed by atoms with E-state index in [-0.39, 0.29) is 23.8 Å². The molecular weight excluding hydrogens is 406 g/mol. The summed E-state index contributed by atoms with van der Waals surface area (Å²) in [6.07, 6.45) is 10.2. The van der Waals surface area contributed by atoms with E-state index in [0.717, 1.165) is 41.3 Å². The van der Waals surface area contributed by atoms with Gasteiger partial charge in [-0.2, -0.15) is 0 Å². The number of hydrogen-bond donors (Lipinski definition) is 2. The van der Waals surface area contributed by atoms with Gasteiger partial charge in [0, 0.05) is 27.9 Å². The minimum Gasteiger partial charge on any atom is -0.481 e. The normalized spacial score (nSPS) is 22.1. The van der Waals surface area contributed by atoms with Crippen LogP contribution in [0.5, 0.6) is 0 Å². The number of fused-ring (bicyclic) bond motifs is 1. The Labute approximate surface area is 189 Å². The zero-order chi connectivity index (χ0) is 22.4. The molecule has 0 aliphatic heterocycles. The lowest BCUT2D eigenvalue weighted by atomic mass is 9.63. The van der Waals surface area contributed by atoms with Crippen LogP contribution in [-0.4, -0.2) is 23.0 Å². The number of unbranched alkanes of at least 4 members (excludes halogenated alkanes) is 1. The molecule has 0 bridgehead atoms. The lowest BCUT2D eigenvalue weighted by Crippen LogP contribution is -2.48. The first-order chi connectivity index (χ1) is 14.8. The zero-order valence-electron chi connectivity index (χ0n) is 18.9. The number of hydrogen-bond acceptors (Lipinski definition) is 3. The summed E-state index contributed by atoms with van der Waals surface area (Å²) in [4.78, 5) is 23.9. The third kappa shape index (κ3) is 6.19. The van der Waals surface area contributed by atoms with Gasteiger partial charge in [-0.15, -0.1) is 11.3 Å². The third-order valence-electron chi connectivity index (χ3n) is 6.55. The number of carboxylic acids is 1. The van der Waals surface area contributed by atoms with Crippen molar-refractivity contribution in [3.63, 3.8) is 0 Å². The number of benzene rings is 1. The number of amides is 1. The number of allylic oxidation sites excluding steroid dienone is 2. The Morgan fingerprint density at radius 3 is 2.71 bits per heavy atom. The molecule has 31 heavy (non-hydrogen) atoms. The molecular formula is C26H35NO3S. The second kappa shape index (κ2) is 10.4. The highest BCUT2D eigenvalue weighted by Crippen LogP contribution is 2.43. The Morgan fingerprint density at radius 2 is 1.97 bits per heavy atom. The molecule has 1 fully saturated rings. The summed E-state index contributed by atoms with van der Waals surface area (Å²) in [6, 6.07) is 8.24. The van der Waals surface area contributed by atoms with Crippen LogP contribution in [0.4, 0.5) is 0 Å². The van der Waals surface area contributed by atoms with Crippen molar-refractivity contribution in [2.24, 2.45) is 17.3 Å². The highest BCUT2D eigenvalue weighted by Gasteiger charge is 2.39. The number of aliphatic carboxylic acids is 1. The molecule has 2 aromatic rings. The van der Waals surface area contributed by atoms with Gasteiger partial charge >= 0.3 is 5.97 Å². The van der Waals surface area contributed by atoms with Gasteiger partial charge in [-0.05, 0) is 55.4 Å². The standard InChI is InChI=1S/C26H35NO3S/c1-26(2,3)21-13-10-14-22(19(21)12-6-4-5-7-16-24(28)29)27-25(30)20-17-31-23-15-9-8-11-18(20)23/h4,6,8-9,11,15,17,19,21-22H,5,7,10,12-14,16H2,1-3H3,(H,27,30)(H,28,29)/t19-,21+,22?/m0/s1. The molecule has 1 aromatic heterocycles. The topological polar surface area (TPSA) is 66.4 Å². The quantitative estimate of drug-likeness (QED) is 0.355. The first-order valence-electron chi connectivity index (χ1n) is 11.4. The largest absolute Gasteiger partial charge is 0.481 e. The van der Waals surface area contributed by atoms with E-state index in [2.05, 4.69) is 44.3 Å². The molecule has 1 saturated carbocycles. The van der Waals surface area contributed by atoms with Gasteiger partial charge in [0.1, 0.15) is 0 Å². The Bertz CT molecular complexity index is 924. The fourth-order valence-electron chi connectivity index (χ4n) is 4.99. The van der Waals surface area contributed by atoms with E-state index in [1.54, 1.807) is 11.3 Å². The SMILES string of the molecule is CC(C)(C)[C@@H]1CCCC(NC(=O)c2csc3ccccc23)[C@H]1CC=CCCCC(=O)O. The van der Waals surface area contributed by atoms with Crippen LogP contribution in [0.1, 0.15) is 76.1 Å². The molecule has 1 aromatic carbocycles. The molecule has 0 radical (unpaired) electrons. The van der Waals surface area contributed by atoms with Crippen molar-refractivity contribution in [3.8, 4) is 0 Å². The minimum atomic E-state index is -0.739. The molecule has 1 heterocycles. The van der Waals surface area contributed by atoms with Crippen molar-refractivity contribution in [1.29, 1.82) is 0 Å². The van der Waals surface area contributed by atoms with Crippen LogP contribution in [0.3, 0.4) is 0 Å². The van der Waals surface area contributed by atoms with E-state index in [1.807, 2.05) is 23.6 Å². The van der Waals surface area contributed by atoms with E-state index < -0.39 is 5.97 Å². The van der Waals surface area contributed by atoms with Crippen molar-refractivity contribution >= 4 is 33.3 Å². The highest BCUT2D eigenvalue weighted by molar-refractivity contribution is 7.17. The Hall–Kier alpha value is -2.14. The molecule has 5 heteroatoms. The third-order valence-corrected chi connectivity index (χ3v) is 7.52. The van der Waals surface area contributed by atoms with Gasteiger partial charge in [0.15, 0.2) is 0 Å². The first kappa shape index (κ1) is 23.5. The number of thiophene rings is 1. The van der Waals surface area contributed by atoms with Crippen molar-refractivity contribution in [2.75, 3.05) is 0 Å². The lowest BCUT2D eigenvalue weighted by molar-refractivity contribution is -0.137. The van der Waals surface area contributed by atoms with Crippen LogP contribution in [0.15, 0.2) is 41.8 Å². The number of carboxylic acid groups (broad SMARTS) is 1. The fraction of sp³-hybridized carbons (Fsp3) is 0.538. The Balaban J connectivity index is 1.71. The molecule has 168 valence electrons. The first-order valence-corrected chi connectivity index (χ1v) is 12.3. The number of rotatable bonds is 8. The summed E-state index contributed by atoms with van der Waals surface area (Å²) >= 11 is 1.62. The summed E-state index contributed by atoms with van der Waals surface area (Å²) in [5.41, 5.74) is 0.960. The molecule has 1 amide bonds. The molecule has 1 aliphatic carbocycles. The number of nitrogens with one attached hydrogen (secondary N) is 1. The van der Waals surface area contributed by atoms with Crippen molar-refractivity contribution in [3.05, 3.63) is 47.4 Å². The highest BCUT2D eigenvalue weighted by atomic mass is 32.1. The monoisotopic (exact) mass is 441 g/mol. The van der Waals surface area contributed by atoms with Gasteiger partial charge in [0.2, 0.25) is 0 Å². The van der Waals surface area contributed by atoms with Gasteiger partial charge in [0.25, 0.3) is 5.91 Å². The second-order valence-electron chi connectivity index (χ2n) is 9.79. The van der Waals surface area contributed by atoms with E-state index in [0.29, 0.717) is 18.3 Å². The summed E-state index contributed by atoms with van der Waals surface area (Å²) in [5.74, 6) is 0.220. The predicted octanol–water partition coefficient (Wildman–Crippen LogP) is 6.66. The van der Waals surface area contributed by atoms with E-state index in [9.17, 15) is 9.59 Å². The van der Waals surface area contributed by atoms with Gasteiger partial charge in [-0.3, -0.25) is 9.59 Å². The van der Waals surface area contributed by atoms with Crippen molar-refractivity contribution in [1.82, 2.24) is 5.32 Å². The van der Waals surface area contributed by atoms with Gasteiger partial charge in [-0.1, -0.05) is 57.5 Å². The van der Waals surface area contributed by atoms with Crippen LogP contribution in [0.2, 0.25) is 0 Å². The average molecular weight is 442 g/mol. The van der Waals surface area contributed by atoms with Crippen LogP contribution in [-0.2, 0) is 4.79 Å². The van der Waals surface area contributed by atoms with Crippen LogP contribution < -0.4 is 5.32 Å². The molecule has 0 saturated heterocycles. The maximum absolute atomic E-state index is 13.2. The second-order valence-corrected chi connectivity index (χ2v) is 10.7. The molecule has 1 unspecified atom stereocenters. The fourth-order valence-corrected chi connectivity index (χ4v) is 5.93. The molecule has 2 N–H and O–H groups in total. The molecule has 3 rings (SSSR count). The molecule has 3 atom stereocenters. The smallest absolute Gasteiger partial charge is 0.303 e. The van der Waals surface area contributed by atoms with Crippen molar-refractivity contribution in [2.45, 2.75) is 71.8 Å². The molecule has 0 spiro atoms. The Kier molecular flexibility index (Phi) is 7.93. The van der Waals surface area contributed by atoms with Crippen LogP contribution in [0.25, 0.3) is 10.1 Å².